The molecular weight excluding hydrogens is 220 g/mol. The molecule has 1 fully saturated rings. The van der Waals surface area contributed by atoms with Crippen molar-refractivity contribution in [2.75, 3.05) is 6.54 Å². The number of hydrogen-bond donors (Lipinski definition) is 3. The Balaban J connectivity index is 2.38. The Morgan fingerprint density at radius 3 is 2.94 bits per heavy atom. The van der Waals surface area contributed by atoms with Crippen LogP contribution in [0.2, 0.25) is 0 Å². The van der Waals surface area contributed by atoms with E-state index in [4.69, 9.17) is 0 Å². The van der Waals surface area contributed by atoms with E-state index in [2.05, 4.69) is 20.5 Å². The zero-order chi connectivity index (χ0) is 11.8. The van der Waals surface area contributed by atoms with Crippen LogP contribution < -0.4 is 16.4 Å². The van der Waals surface area contributed by atoms with Crippen molar-refractivity contribution in [3.8, 4) is 0 Å². The number of aromatic nitrogens is 3. The summed E-state index contributed by atoms with van der Waals surface area (Å²) in [5.74, 6) is 0. The summed E-state index contributed by atoms with van der Waals surface area (Å²) in [6.07, 6.45) is 4.97. The zero-order valence-electron chi connectivity index (χ0n) is 9.12. The third-order valence-electron chi connectivity index (χ3n) is 3.17. The predicted molar refractivity (Wildman–Crippen MR) is 63.0 cm³/mol. The third-order valence-corrected chi connectivity index (χ3v) is 3.17. The number of H-pyrrole nitrogens is 2. The molecule has 0 spiro atoms. The van der Waals surface area contributed by atoms with E-state index in [-0.39, 0.29) is 17.2 Å². The molecular formula is C11H12N4O2. The Kier molecular flexibility index (Phi) is 2.29. The van der Waals surface area contributed by atoms with Crippen molar-refractivity contribution >= 4 is 10.8 Å². The van der Waals surface area contributed by atoms with Gasteiger partial charge >= 0.3 is 0 Å². The van der Waals surface area contributed by atoms with Gasteiger partial charge in [0.25, 0.3) is 11.1 Å². The molecule has 3 rings (SSSR count). The number of nitrogens with zero attached hydrogens (tertiary/aromatic N) is 1. The second-order valence-corrected chi connectivity index (χ2v) is 4.21. The van der Waals surface area contributed by atoms with Crippen LogP contribution in [0.3, 0.4) is 0 Å². The van der Waals surface area contributed by atoms with E-state index in [0.29, 0.717) is 16.3 Å². The van der Waals surface area contributed by atoms with E-state index in [1.807, 2.05) is 0 Å². The van der Waals surface area contributed by atoms with Crippen molar-refractivity contribution in [2.45, 2.75) is 18.9 Å². The molecule has 88 valence electrons. The minimum Gasteiger partial charge on any atom is -0.328 e. The number of rotatable bonds is 1. The van der Waals surface area contributed by atoms with Gasteiger partial charge in [0.15, 0.2) is 0 Å². The van der Waals surface area contributed by atoms with Crippen LogP contribution in [0.4, 0.5) is 0 Å². The highest BCUT2D eigenvalue weighted by Crippen LogP contribution is 2.23. The second kappa shape index (κ2) is 3.81. The van der Waals surface area contributed by atoms with E-state index in [1.165, 1.54) is 6.20 Å². The molecule has 0 amide bonds. The van der Waals surface area contributed by atoms with Crippen molar-refractivity contribution in [1.82, 2.24) is 20.5 Å². The average Bonchev–Trinajstić information content (AvgIpc) is 2.83. The average molecular weight is 232 g/mol. The first kappa shape index (κ1) is 10.2. The summed E-state index contributed by atoms with van der Waals surface area (Å²) in [5, 5.41) is 10.5. The SMILES string of the molecule is O=c1[nH]cc2cn[nH]c(=O)c2c1[C@@H]1CCCN1. The molecule has 3 N–H and O–H groups in total. The lowest BCUT2D eigenvalue weighted by Gasteiger charge is -2.11. The van der Waals surface area contributed by atoms with Crippen LogP contribution in [0.25, 0.3) is 10.8 Å². The lowest BCUT2D eigenvalue weighted by atomic mass is 10.0. The van der Waals surface area contributed by atoms with Crippen molar-refractivity contribution < 1.29 is 0 Å². The Morgan fingerprint density at radius 1 is 1.29 bits per heavy atom. The number of aromatic amines is 2. The van der Waals surface area contributed by atoms with Crippen molar-refractivity contribution in [2.24, 2.45) is 0 Å². The van der Waals surface area contributed by atoms with Gasteiger partial charge in [0.1, 0.15) is 0 Å². The molecule has 0 aliphatic carbocycles. The Labute approximate surface area is 96.1 Å². The zero-order valence-corrected chi connectivity index (χ0v) is 9.12. The van der Waals surface area contributed by atoms with Crippen molar-refractivity contribution in [1.29, 1.82) is 0 Å². The van der Waals surface area contributed by atoms with Crippen LogP contribution in [-0.4, -0.2) is 21.7 Å². The number of fused-ring (bicyclic) bond motifs is 1. The van der Waals surface area contributed by atoms with Gasteiger partial charge in [0, 0.05) is 23.2 Å². The minimum absolute atomic E-state index is 0.0362. The smallest absolute Gasteiger partial charge is 0.272 e. The highest BCUT2D eigenvalue weighted by Gasteiger charge is 2.22. The largest absolute Gasteiger partial charge is 0.328 e. The summed E-state index contributed by atoms with van der Waals surface area (Å²) in [5.41, 5.74) is 0.0227. The van der Waals surface area contributed by atoms with E-state index in [9.17, 15) is 9.59 Å². The van der Waals surface area contributed by atoms with Crippen LogP contribution in [0, 0.1) is 0 Å². The topological polar surface area (TPSA) is 90.6 Å². The van der Waals surface area contributed by atoms with E-state index in [0.717, 1.165) is 19.4 Å². The fourth-order valence-electron chi connectivity index (χ4n) is 2.40. The molecule has 1 aliphatic rings. The van der Waals surface area contributed by atoms with Crippen LogP contribution in [0.1, 0.15) is 24.4 Å². The molecule has 1 atom stereocenters. The summed E-state index contributed by atoms with van der Waals surface area (Å²) >= 11 is 0. The van der Waals surface area contributed by atoms with Crippen molar-refractivity contribution in [3.05, 3.63) is 38.7 Å². The molecule has 0 unspecified atom stereocenters. The van der Waals surface area contributed by atoms with Gasteiger partial charge in [0.2, 0.25) is 0 Å². The van der Waals surface area contributed by atoms with Gasteiger partial charge < -0.3 is 10.3 Å². The van der Waals surface area contributed by atoms with Gasteiger partial charge in [-0.2, -0.15) is 5.10 Å². The molecule has 6 heteroatoms. The first-order valence-corrected chi connectivity index (χ1v) is 5.60. The fraction of sp³-hybridized carbons (Fsp3) is 0.364. The molecule has 0 bridgehead atoms. The molecule has 0 saturated carbocycles. The maximum atomic E-state index is 11.9. The van der Waals surface area contributed by atoms with Crippen molar-refractivity contribution in [3.63, 3.8) is 0 Å². The van der Waals surface area contributed by atoms with E-state index < -0.39 is 0 Å². The van der Waals surface area contributed by atoms with Crippen LogP contribution in [0.5, 0.6) is 0 Å². The molecule has 3 heterocycles. The van der Waals surface area contributed by atoms with Gasteiger partial charge in [-0.15, -0.1) is 0 Å². The highest BCUT2D eigenvalue weighted by atomic mass is 16.1. The molecule has 0 radical (unpaired) electrons. The van der Waals surface area contributed by atoms with Gasteiger partial charge in [-0.05, 0) is 19.4 Å². The number of hydrogen-bond acceptors (Lipinski definition) is 4. The standard InChI is InChI=1S/C11H12N4O2/c16-10-9(7-2-1-3-12-7)8-6(4-13-10)5-14-15-11(8)17/h4-5,7,12H,1-3H2,(H,13,16)(H,15,17)/t7-/m0/s1. The quantitative estimate of drug-likeness (QED) is 0.647. The maximum Gasteiger partial charge on any atom is 0.272 e. The van der Waals surface area contributed by atoms with E-state index in [1.54, 1.807) is 6.20 Å². The van der Waals surface area contributed by atoms with E-state index >= 15 is 0 Å². The summed E-state index contributed by atoms with van der Waals surface area (Å²) in [6, 6.07) is -0.0362. The predicted octanol–water partition coefficient (Wildman–Crippen LogP) is 0.0359. The third kappa shape index (κ3) is 1.57. The van der Waals surface area contributed by atoms with Crippen LogP contribution in [0.15, 0.2) is 22.0 Å². The molecule has 0 aromatic carbocycles. The minimum atomic E-state index is -0.308. The lowest BCUT2D eigenvalue weighted by molar-refractivity contribution is 0.644. The maximum absolute atomic E-state index is 11.9. The normalized spacial score (nSPS) is 19.9. The first-order valence-electron chi connectivity index (χ1n) is 5.60. The van der Waals surface area contributed by atoms with Crippen LogP contribution >= 0.6 is 0 Å². The van der Waals surface area contributed by atoms with Gasteiger partial charge in [-0.1, -0.05) is 0 Å². The van der Waals surface area contributed by atoms with Gasteiger partial charge in [-0.3, -0.25) is 9.59 Å². The number of nitrogens with one attached hydrogen (secondary N) is 3. The molecule has 2 aromatic heterocycles. The fourth-order valence-corrected chi connectivity index (χ4v) is 2.40. The molecule has 17 heavy (non-hydrogen) atoms. The Hall–Kier alpha value is -1.95. The summed E-state index contributed by atoms with van der Waals surface area (Å²) in [4.78, 5) is 26.4. The molecule has 1 saturated heterocycles. The summed E-state index contributed by atoms with van der Waals surface area (Å²) in [6.45, 7) is 0.878. The molecule has 1 aliphatic heterocycles. The summed E-state index contributed by atoms with van der Waals surface area (Å²) in [7, 11) is 0. The highest BCUT2D eigenvalue weighted by molar-refractivity contribution is 5.83. The molecule has 2 aromatic rings. The summed E-state index contributed by atoms with van der Waals surface area (Å²) < 4.78 is 0. The second-order valence-electron chi connectivity index (χ2n) is 4.21. The van der Waals surface area contributed by atoms with Crippen LogP contribution in [-0.2, 0) is 0 Å². The monoisotopic (exact) mass is 232 g/mol. The Morgan fingerprint density at radius 2 is 2.18 bits per heavy atom. The van der Waals surface area contributed by atoms with Gasteiger partial charge in [-0.25, -0.2) is 5.10 Å². The lowest BCUT2D eigenvalue weighted by Crippen LogP contribution is -2.26. The number of pyridine rings is 1. The first-order chi connectivity index (χ1) is 8.27. The van der Waals surface area contributed by atoms with Gasteiger partial charge in [0.05, 0.1) is 11.6 Å². The molecule has 6 nitrogen and oxygen atoms in total. The Bertz CT molecular complexity index is 667.